The highest BCUT2D eigenvalue weighted by atomic mass is 16.5. The van der Waals surface area contributed by atoms with E-state index in [2.05, 4.69) is 66.2 Å². The highest BCUT2D eigenvalue weighted by Gasteiger charge is 2.29. The molecule has 0 saturated carbocycles. The Labute approximate surface area is 342 Å². The van der Waals surface area contributed by atoms with Gasteiger partial charge in [0.2, 0.25) is 0 Å². The lowest BCUT2D eigenvalue weighted by atomic mass is 9.93. The summed E-state index contributed by atoms with van der Waals surface area (Å²) >= 11 is 0. The number of nitrogens with zero attached hydrogens (tertiary/aromatic N) is 4. The van der Waals surface area contributed by atoms with E-state index in [1.807, 2.05) is 54.3 Å². The number of aromatic nitrogens is 1. The van der Waals surface area contributed by atoms with Crippen molar-refractivity contribution in [2.75, 3.05) is 32.8 Å². The molecule has 0 amide bonds. The lowest BCUT2D eigenvalue weighted by Crippen LogP contribution is -2.44. The number of pyridine rings is 1. The minimum absolute atomic E-state index is 0.119. The fourth-order valence-corrected chi connectivity index (χ4v) is 7.68. The molecule has 0 radical (unpaired) electrons. The van der Waals surface area contributed by atoms with Gasteiger partial charge in [-0.15, -0.1) is 0 Å². The first-order valence-electron chi connectivity index (χ1n) is 20.1. The SMILES string of the molecule is Cc1cc(CN2CCCC[C@H]2C(=O)O)c(OCc2cncc(C#N)c2)cc1OCc1cccc(-c2cccc(OCCCN(CCO)Cc3ccccc3)c2C)c1C. The fourth-order valence-electron chi connectivity index (χ4n) is 7.68. The van der Waals surface area contributed by atoms with Crippen LogP contribution < -0.4 is 14.2 Å². The zero-order chi connectivity index (χ0) is 40.9. The van der Waals surface area contributed by atoms with Gasteiger partial charge in [-0.2, -0.15) is 5.26 Å². The molecule has 0 spiro atoms. The van der Waals surface area contributed by atoms with Gasteiger partial charge in [0.15, 0.2) is 0 Å². The Morgan fingerprint density at radius 1 is 0.828 bits per heavy atom. The van der Waals surface area contributed by atoms with E-state index >= 15 is 0 Å². The molecule has 0 unspecified atom stereocenters. The first-order valence-corrected chi connectivity index (χ1v) is 20.1. The summed E-state index contributed by atoms with van der Waals surface area (Å²) in [6, 6.07) is 30.1. The number of nitriles is 1. The van der Waals surface area contributed by atoms with Crippen LogP contribution in [0.15, 0.2) is 97.3 Å². The maximum absolute atomic E-state index is 12.1. The number of carboxylic acids is 1. The highest BCUT2D eigenvalue weighted by Crippen LogP contribution is 2.36. The largest absolute Gasteiger partial charge is 0.493 e. The molecular weight excluding hydrogens is 729 g/mol. The number of likely N-dealkylation sites (tertiary alicyclic amines) is 1. The van der Waals surface area contributed by atoms with Crippen LogP contribution in [0, 0.1) is 32.1 Å². The van der Waals surface area contributed by atoms with Gasteiger partial charge in [-0.05, 0) is 104 Å². The van der Waals surface area contributed by atoms with Crippen LogP contribution in [0.5, 0.6) is 17.2 Å². The van der Waals surface area contributed by atoms with Crippen molar-refractivity contribution in [3.63, 3.8) is 0 Å². The zero-order valence-corrected chi connectivity index (χ0v) is 33.8. The van der Waals surface area contributed by atoms with Gasteiger partial charge in [-0.1, -0.05) is 67.1 Å². The van der Waals surface area contributed by atoms with Crippen molar-refractivity contribution in [2.24, 2.45) is 0 Å². The number of rotatable bonds is 19. The third-order valence-electron chi connectivity index (χ3n) is 10.9. The normalized spacial score (nSPS) is 14.2. The van der Waals surface area contributed by atoms with Crippen molar-refractivity contribution >= 4 is 5.97 Å². The van der Waals surface area contributed by atoms with E-state index < -0.39 is 12.0 Å². The number of aliphatic hydroxyl groups excluding tert-OH is 1. The standard InChI is InChI=1S/C48H54N4O6/c1-34-24-41(31-52-20-8-7-17-44(52)48(54)55)47(57-32-39-25-38(27-49)28-50-29-39)26-46(34)58-33-40-14-9-15-42(35(40)2)43-16-10-18-45(36(43)3)56-23-11-19-51(21-22-53)30-37-12-5-4-6-13-37/h4-6,9-10,12-16,18,24-26,28-29,44,53H,7-8,11,17,19-23,30-33H2,1-3H3,(H,54,55)/t44-/m0/s1. The summed E-state index contributed by atoms with van der Waals surface area (Å²) in [6.07, 6.45) is 6.49. The Bertz CT molecular complexity index is 2190. The third-order valence-corrected chi connectivity index (χ3v) is 10.9. The Kier molecular flexibility index (Phi) is 14.9. The molecule has 58 heavy (non-hydrogen) atoms. The molecule has 1 aliphatic heterocycles. The lowest BCUT2D eigenvalue weighted by Gasteiger charge is -2.33. The van der Waals surface area contributed by atoms with Gasteiger partial charge in [0.25, 0.3) is 0 Å². The molecule has 5 aromatic rings. The van der Waals surface area contributed by atoms with Crippen LogP contribution in [-0.4, -0.2) is 69.9 Å². The van der Waals surface area contributed by atoms with Gasteiger partial charge in [0.1, 0.15) is 42.6 Å². The van der Waals surface area contributed by atoms with Crippen LogP contribution in [0.4, 0.5) is 0 Å². The number of carboxylic acid groups (broad SMARTS) is 1. The van der Waals surface area contributed by atoms with E-state index in [-0.39, 0.29) is 13.2 Å². The molecule has 2 N–H and O–H groups in total. The number of aliphatic hydroxyl groups is 1. The molecule has 1 aromatic heterocycles. The zero-order valence-electron chi connectivity index (χ0n) is 33.8. The number of ether oxygens (including phenoxy) is 3. The molecule has 1 aliphatic rings. The van der Waals surface area contributed by atoms with Gasteiger partial charge in [-0.3, -0.25) is 19.6 Å². The van der Waals surface area contributed by atoms with Crippen molar-refractivity contribution in [1.29, 1.82) is 5.26 Å². The smallest absolute Gasteiger partial charge is 0.320 e. The van der Waals surface area contributed by atoms with Crippen molar-refractivity contribution < 1.29 is 29.2 Å². The number of hydrogen-bond acceptors (Lipinski definition) is 9. The van der Waals surface area contributed by atoms with Crippen LogP contribution in [0.2, 0.25) is 0 Å². The van der Waals surface area contributed by atoms with Crippen LogP contribution in [-0.2, 0) is 31.1 Å². The van der Waals surface area contributed by atoms with Crippen LogP contribution in [0.3, 0.4) is 0 Å². The van der Waals surface area contributed by atoms with E-state index in [9.17, 15) is 20.3 Å². The lowest BCUT2D eigenvalue weighted by molar-refractivity contribution is -0.144. The topological polar surface area (TPSA) is 128 Å². The predicted octanol–water partition coefficient (Wildman–Crippen LogP) is 8.41. The Balaban J connectivity index is 1.15. The van der Waals surface area contributed by atoms with Crippen molar-refractivity contribution in [3.05, 3.63) is 142 Å². The second-order valence-electron chi connectivity index (χ2n) is 15.0. The van der Waals surface area contributed by atoms with Gasteiger partial charge >= 0.3 is 5.97 Å². The van der Waals surface area contributed by atoms with E-state index in [1.54, 1.807) is 12.3 Å². The molecule has 6 rings (SSSR count). The first kappa shape index (κ1) is 41.9. The van der Waals surface area contributed by atoms with Crippen molar-refractivity contribution in [2.45, 2.75) is 78.8 Å². The number of aliphatic carboxylic acids is 1. The Hall–Kier alpha value is -5.73. The molecule has 10 heteroatoms. The maximum atomic E-state index is 12.1. The van der Waals surface area contributed by atoms with Gasteiger partial charge in [0.05, 0.1) is 18.8 Å². The van der Waals surface area contributed by atoms with Gasteiger partial charge < -0.3 is 24.4 Å². The molecule has 4 aromatic carbocycles. The maximum Gasteiger partial charge on any atom is 0.320 e. The summed E-state index contributed by atoms with van der Waals surface area (Å²) in [5.74, 6) is 1.33. The summed E-state index contributed by atoms with van der Waals surface area (Å²) in [4.78, 5) is 20.6. The van der Waals surface area contributed by atoms with E-state index in [4.69, 9.17) is 14.2 Å². The summed E-state index contributed by atoms with van der Waals surface area (Å²) in [7, 11) is 0. The Morgan fingerprint density at radius 3 is 2.38 bits per heavy atom. The van der Waals surface area contributed by atoms with E-state index in [0.717, 1.165) is 82.6 Å². The molecule has 1 fully saturated rings. The number of aryl methyl sites for hydroxylation is 1. The number of carbonyl (C=O) groups is 1. The van der Waals surface area contributed by atoms with Crippen molar-refractivity contribution in [1.82, 2.24) is 14.8 Å². The molecule has 302 valence electrons. The summed E-state index contributed by atoms with van der Waals surface area (Å²) < 4.78 is 19.3. The monoisotopic (exact) mass is 782 g/mol. The number of benzene rings is 4. The molecular formula is C48H54N4O6. The van der Waals surface area contributed by atoms with E-state index in [0.29, 0.717) is 56.3 Å². The molecule has 0 bridgehead atoms. The quantitative estimate of drug-likeness (QED) is 0.0789. The van der Waals surface area contributed by atoms with Crippen molar-refractivity contribution in [3.8, 4) is 34.4 Å². The van der Waals surface area contributed by atoms with Gasteiger partial charge in [-0.25, -0.2) is 0 Å². The summed E-state index contributed by atoms with van der Waals surface area (Å²) in [5.41, 5.74) is 9.70. The minimum atomic E-state index is -0.804. The molecule has 1 atom stereocenters. The molecule has 0 aliphatic carbocycles. The first-order chi connectivity index (χ1) is 28.2. The summed E-state index contributed by atoms with van der Waals surface area (Å²) in [6.45, 7) is 10.8. The average molecular weight is 783 g/mol. The third kappa shape index (κ3) is 11.0. The van der Waals surface area contributed by atoms with Crippen LogP contribution in [0.25, 0.3) is 11.1 Å². The number of hydrogen-bond donors (Lipinski definition) is 2. The molecule has 2 heterocycles. The number of piperidine rings is 1. The minimum Gasteiger partial charge on any atom is -0.493 e. The van der Waals surface area contributed by atoms with Crippen LogP contribution >= 0.6 is 0 Å². The Morgan fingerprint density at radius 2 is 1.60 bits per heavy atom. The second-order valence-corrected chi connectivity index (χ2v) is 15.0. The molecule has 1 saturated heterocycles. The van der Waals surface area contributed by atoms with Gasteiger partial charge in [0, 0.05) is 55.8 Å². The van der Waals surface area contributed by atoms with E-state index in [1.165, 1.54) is 11.8 Å². The second kappa shape index (κ2) is 20.6. The summed E-state index contributed by atoms with van der Waals surface area (Å²) in [5, 5.41) is 29.0. The average Bonchev–Trinajstić information content (AvgIpc) is 3.23. The predicted molar refractivity (Wildman–Crippen MR) is 225 cm³/mol. The van der Waals surface area contributed by atoms with Crippen LogP contribution in [0.1, 0.15) is 70.2 Å². The fraction of sp³-hybridized carbons (Fsp3) is 0.354. The molecule has 10 nitrogen and oxygen atoms in total. The highest BCUT2D eigenvalue weighted by molar-refractivity contribution is 5.74.